The largest absolute Gasteiger partial charge is 0.460 e. The molecule has 0 bridgehead atoms. The van der Waals surface area contributed by atoms with Gasteiger partial charge in [0, 0.05) is 12.6 Å². The number of esters is 1. The Bertz CT molecular complexity index is 355. The molecule has 0 spiro atoms. The van der Waals surface area contributed by atoms with Crippen molar-refractivity contribution in [1.82, 2.24) is 4.98 Å². The topological polar surface area (TPSA) is 65.2 Å². The van der Waals surface area contributed by atoms with Gasteiger partial charge in [-0.2, -0.15) is 0 Å². The number of nitrogens with zero attached hydrogens (tertiary/aromatic N) is 1. The van der Waals surface area contributed by atoms with E-state index in [2.05, 4.69) is 4.98 Å². The summed E-state index contributed by atoms with van der Waals surface area (Å²) in [5.74, 6) is -0.0924. The van der Waals surface area contributed by atoms with Gasteiger partial charge in [-0.1, -0.05) is 44.9 Å². The van der Waals surface area contributed by atoms with E-state index in [4.69, 9.17) is 10.5 Å². The molecule has 0 aliphatic carbocycles. The second-order valence-corrected chi connectivity index (χ2v) is 6.32. The molecule has 0 aliphatic heterocycles. The minimum atomic E-state index is -0.0924. The van der Waals surface area contributed by atoms with Crippen molar-refractivity contribution < 1.29 is 9.53 Å². The average Bonchev–Trinajstić information content (AvgIpc) is 3.00. The van der Waals surface area contributed by atoms with Gasteiger partial charge in [0.05, 0.1) is 10.4 Å². The highest BCUT2D eigenvalue weighted by Crippen LogP contribution is 2.12. The smallest absolute Gasteiger partial charge is 0.306 e. The molecule has 1 aromatic rings. The normalized spacial score (nSPS) is 10.7. The molecule has 0 saturated heterocycles. The van der Waals surface area contributed by atoms with Gasteiger partial charge >= 0.3 is 5.97 Å². The van der Waals surface area contributed by atoms with E-state index >= 15 is 0 Å². The second-order valence-electron chi connectivity index (χ2n) is 5.35. The van der Waals surface area contributed by atoms with Crippen LogP contribution >= 0.6 is 11.3 Å². The van der Waals surface area contributed by atoms with E-state index in [0.29, 0.717) is 13.0 Å². The fraction of sp³-hybridized carbons (Fsp3) is 0.750. The summed E-state index contributed by atoms with van der Waals surface area (Å²) in [6.45, 7) is 1.19. The molecule has 0 saturated carbocycles. The first-order chi connectivity index (χ1) is 10.3. The molecular weight excluding hydrogens is 284 g/mol. The Hall–Kier alpha value is -0.940. The Balaban J connectivity index is 1.82. The Morgan fingerprint density at radius 1 is 1.05 bits per heavy atom. The first-order valence-corrected chi connectivity index (χ1v) is 8.94. The number of hydrogen-bond donors (Lipinski definition) is 1. The van der Waals surface area contributed by atoms with Crippen LogP contribution < -0.4 is 5.73 Å². The monoisotopic (exact) mass is 312 g/mol. The standard InChI is InChI=1S/C16H28N2O2S/c17-11-9-7-5-3-1-2-4-6-8-10-16(19)20-13-15-12-18-14-21-15/h12,14H,1-11,13,17H2. The highest BCUT2D eigenvalue weighted by molar-refractivity contribution is 7.09. The lowest BCUT2D eigenvalue weighted by atomic mass is 10.1. The number of ether oxygens (including phenoxy) is 1. The first kappa shape index (κ1) is 18.1. The molecule has 120 valence electrons. The van der Waals surface area contributed by atoms with Gasteiger partial charge in [0.15, 0.2) is 0 Å². The van der Waals surface area contributed by atoms with E-state index in [0.717, 1.165) is 30.7 Å². The number of rotatable bonds is 13. The van der Waals surface area contributed by atoms with E-state index in [1.807, 2.05) is 0 Å². The molecule has 21 heavy (non-hydrogen) atoms. The molecule has 0 atom stereocenters. The van der Waals surface area contributed by atoms with Gasteiger partial charge in [0.25, 0.3) is 0 Å². The number of aromatic nitrogens is 1. The van der Waals surface area contributed by atoms with E-state index in [1.165, 1.54) is 49.9 Å². The third kappa shape index (κ3) is 10.4. The number of hydrogen-bond acceptors (Lipinski definition) is 5. The lowest BCUT2D eigenvalue weighted by Gasteiger charge is -2.03. The average molecular weight is 312 g/mol. The van der Waals surface area contributed by atoms with Crippen LogP contribution in [0.25, 0.3) is 0 Å². The predicted molar refractivity (Wildman–Crippen MR) is 87.1 cm³/mol. The zero-order chi connectivity index (χ0) is 15.2. The summed E-state index contributed by atoms with van der Waals surface area (Å²) in [6, 6.07) is 0. The van der Waals surface area contributed by atoms with Gasteiger partial charge in [-0.05, 0) is 19.4 Å². The number of thiazole rings is 1. The molecule has 1 rings (SSSR count). The lowest BCUT2D eigenvalue weighted by molar-refractivity contribution is -0.145. The SMILES string of the molecule is NCCCCCCCCCCCC(=O)OCc1cncs1. The van der Waals surface area contributed by atoms with Gasteiger partial charge in [0.1, 0.15) is 6.61 Å². The number of nitrogens with two attached hydrogens (primary N) is 1. The van der Waals surface area contributed by atoms with Crippen LogP contribution in [0.3, 0.4) is 0 Å². The zero-order valence-electron chi connectivity index (χ0n) is 12.9. The van der Waals surface area contributed by atoms with Crippen molar-refractivity contribution >= 4 is 17.3 Å². The predicted octanol–water partition coefficient (Wildman–Crippen LogP) is 4.05. The van der Waals surface area contributed by atoms with E-state index < -0.39 is 0 Å². The number of carbonyl (C=O) groups is 1. The van der Waals surface area contributed by atoms with Crippen molar-refractivity contribution in [3.8, 4) is 0 Å². The van der Waals surface area contributed by atoms with E-state index in [-0.39, 0.29) is 5.97 Å². The quantitative estimate of drug-likeness (QED) is 0.441. The molecule has 0 fully saturated rings. The molecule has 1 aromatic heterocycles. The fourth-order valence-electron chi connectivity index (χ4n) is 2.19. The third-order valence-electron chi connectivity index (χ3n) is 3.44. The Kier molecular flexibility index (Phi) is 11.0. The maximum Gasteiger partial charge on any atom is 0.306 e. The van der Waals surface area contributed by atoms with Crippen molar-refractivity contribution in [3.05, 3.63) is 16.6 Å². The van der Waals surface area contributed by atoms with Crippen molar-refractivity contribution in [2.75, 3.05) is 6.54 Å². The number of unbranched alkanes of at least 4 members (excludes halogenated alkanes) is 8. The van der Waals surface area contributed by atoms with Crippen LogP contribution in [0, 0.1) is 0 Å². The highest BCUT2D eigenvalue weighted by Gasteiger charge is 2.04. The van der Waals surface area contributed by atoms with Gasteiger partial charge in [0.2, 0.25) is 0 Å². The summed E-state index contributed by atoms with van der Waals surface area (Å²) in [5.41, 5.74) is 7.21. The van der Waals surface area contributed by atoms with Crippen LogP contribution in [0.4, 0.5) is 0 Å². The summed E-state index contributed by atoms with van der Waals surface area (Å²) < 4.78 is 5.19. The molecule has 0 aliphatic rings. The van der Waals surface area contributed by atoms with Crippen molar-refractivity contribution in [2.24, 2.45) is 5.73 Å². The van der Waals surface area contributed by atoms with Crippen molar-refractivity contribution in [1.29, 1.82) is 0 Å². The van der Waals surface area contributed by atoms with Crippen LogP contribution in [0.15, 0.2) is 11.7 Å². The van der Waals surface area contributed by atoms with Crippen molar-refractivity contribution in [2.45, 2.75) is 70.8 Å². The van der Waals surface area contributed by atoms with Crippen LogP contribution in [0.2, 0.25) is 0 Å². The van der Waals surface area contributed by atoms with E-state index in [9.17, 15) is 4.79 Å². The molecule has 0 aromatic carbocycles. The minimum Gasteiger partial charge on any atom is -0.460 e. The molecule has 5 heteroatoms. The summed E-state index contributed by atoms with van der Waals surface area (Å²) in [5, 5.41) is 0. The van der Waals surface area contributed by atoms with Gasteiger partial charge < -0.3 is 10.5 Å². The maximum absolute atomic E-state index is 11.5. The first-order valence-electron chi connectivity index (χ1n) is 8.06. The lowest BCUT2D eigenvalue weighted by Crippen LogP contribution is -2.03. The van der Waals surface area contributed by atoms with Gasteiger partial charge in [-0.3, -0.25) is 9.78 Å². The summed E-state index contributed by atoms with van der Waals surface area (Å²) in [6.07, 6.45) is 13.2. The van der Waals surface area contributed by atoms with Crippen LogP contribution in [0.5, 0.6) is 0 Å². The van der Waals surface area contributed by atoms with Crippen LogP contribution in [-0.4, -0.2) is 17.5 Å². The minimum absolute atomic E-state index is 0.0924. The molecule has 2 N–H and O–H groups in total. The zero-order valence-corrected chi connectivity index (χ0v) is 13.7. The highest BCUT2D eigenvalue weighted by atomic mass is 32.1. The molecule has 1 heterocycles. The molecule has 4 nitrogen and oxygen atoms in total. The fourth-order valence-corrected chi connectivity index (χ4v) is 2.69. The van der Waals surface area contributed by atoms with Crippen LogP contribution in [-0.2, 0) is 16.1 Å². The maximum atomic E-state index is 11.5. The molecule has 0 radical (unpaired) electrons. The van der Waals surface area contributed by atoms with Gasteiger partial charge in [-0.25, -0.2) is 0 Å². The van der Waals surface area contributed by atoms with Gasteiger partial charge in [-0.15, -0.1) is 11.3 Å². The summed E-state index contributed by atoms with van der Waals surface area (Å²) in [4.78, 5) is 16.5. The Morgan fingerprint density at radius 2 is 1.67 bits per heavy atom. The number of carbonyl (C=O) groups excluding carboxylic acids is 1. The molecule has 0 amide bonds. The Labute approximate surface area is 132 Å². The second kappa shape index (κ2) is 12.8. The van der Waals surface area contributed by atoms with Crippen molar-refractivity contribution in [3.63, 3.8) is 0 Å². The summed E-state index contributed by atoms with van der Waals surface area (Å²) >= 11 is 1.51. The van der Waals surface area contributed by atoms with Crippen LogP contribution in [0.1, 0.15) is 69.1 Å². The third-order valence-corrected chi connectivity index (χ3v) is 4.20. The van der Waals surface area contributed by atoms with E-state index in [1.54, 1.807) is 11.7 Å². The molecule has 0 unspecified atom stereocenters. The summed E-state index contributed by atoms with van der Waals surface area (Å²) in [7, 11) is 0. The molecular formula is C16H28N2O2S. The Morgan fingerprint density at radius 3 is 2.24 bits per heavy atom.